The largest absolute Gasteiger partial charge is 0.311 e. The third kappa shape index (κ3) is 7.06. The molecule has 1 aromatic rings. The van der Waals surface area contributed by atoms with Crippen molar-refractivity contribution in [1.29, 1.82) is 0 Å². The number of aryl methyl sites for hydroxylation is 1. The first kappa shape index (κ1) is 15.0. The van der Waals surface area contributed by atoms with Crippen molar-refractivity contribution >= 4 is 23.1 Å². The molecule has 0 saturated carbocycles. The first-order chi connectivity index (χ1) is 8.36. The molecule has 0 bridgehead atoms. The molecule has 0 unspecified atom stereocenters. The van der Waals surface area contributed by atoms with Gasteiger partial charge in [0.1, 0.15) is 0 Å². The van der Waals surface area contributed by atoms with Gasteiger partial charge in [-0.3, -0.25) is 0 Å². The Kier molecular flexibility index (Phi) is 8.75. The normalized spacial score (nSPS) is 10.9. The number of rotatable bonds is 10. The van der Waals surface area contributed by atoms with Crippen LogP contribution in [0.3, 0.4) is 0 Å². The van der Waals surface area contributed by atoms with E-state index in [1.54, 1.807) is 11.3 Å². The fraction of sp³-hybridized carbons (Fsp3) is 0.769. The van der Waals surface area contributed by atoms with E-state index in [2.05, 4.69) is 28.9 Å². The molecule has 0 aliphatic carbocycles. The van der Waals surface area contributed by atoms with Gasteiger partial charge in [-0.2, -0.15) is 11.8 Å². The van der Waals surface area contributed by atoms with Crippen molar-refractivity contribution in [3.63, 3.8) is 0 Å². The van der Waals surface area contributed by atoms with Gasteiger partial charge < -0.3 is 5.32 Å². The second-order valence-corrected chi connectivity index (χ2v) is 6.10. The summed E-state index contributed by atoms with van der Waals surface area (Å²) in [6, 6.07) is 0. The van der Waals surface area contributed by atoms with Crippen molar-refractivity contribution in [1.82, 2.24) is 10.3 Å². The molecule has 0 aliphatic heterocycles. The summed E-state index contributed by atoms with van der Waals surface area (Å²) in [5.74, 6) is 1.31. The van der Waals surface area contributed by atoms with Crippen LogP contribution in [0.1, 0.15) is 43.3 Å². The topological polar surface area (TPSA) is 24.9 Å². The molecule has 1 rings (SSSR count). The van der Waals surface area contributed by atoms with Gasteiger partial charge in [0.15, 0.2) is 0 Å². The predicted molar refractivity (Wildman–Crippen MR) is 80.0 cm³/mol. The van der Waals surface area contributed by atoms with Crippen molar-refractivity contribution in [2.45, 2.75) is 45.6 Å². The number of nitrogens with zero attached hydrogens (tertiary/aromatic N) is 1. The molecule has 0 saturated heterocycles. The Morgan fingerprint density at radius 2 is 2.12 bits per heavy atom. The minimum Gasteiger partial charge on any atom is -0.311 e. The number of unbranched alkanes of at least 4 members (excludes halogenated alkanes) is 3. The Morgan fingerprint density at radius 3 is 2.82 bits per heavy atom. The van der Waals surface area contributed by atoms with E-state index in [1.807, 2.05) is 11.8 Å². The summed E-state index contributed by atoms with van der Waals surface area (Å²) in [7, 11) is 0. The van der Waals surface area contributed by atoms with Gasteiger partial charge in [-0.15, -0.1) is 11.3 Å². The van der Waals surface area contributed by atoms with Crippen LogP contribution in [-0.4, -0.2) is 23.5 Å². The SMILES string of the molecule is CCc1nc(CNCCCCCCSC)cs1. The zero-order valence-corrected chi connectivity index (χ0v) is 12.6. The predicted octanol–water partition coefficient (Wildman–Crippen LogP) is 3.72. The molecule has 0 spiro atoms. The van der Waals surface area contributed by atoms with Gasteiger partial charge in [-0.05, 0) is 37.8 Å². The maximum Gasteiger partial charge on any atom is 0.0926 e. The fourth-order valence-electron chi connectivity index (χ4n) is 1.66. The first-order valence-electron chi connectivity index (χ1n) is 6.49. The van der Waals surface area contributed by atoms with Crippen LogP contribution in [0.2, 0.25) is 0 Å². The summed E-state index contributed by atoms with van der Waals surface area (Å²) < 4.78 is 0. The number of aromatic nitrogens is 1. The third-order valence-electron chi connectivity index (χ3n) is 2.66. The van der Waals surface area contributed by atoms with Gasteiger partial charge >= 0.3 is 0 Å². The molecule has 2 nitrogen and oxygen atoms in total. The Labute approximate surface area is 114 Å². The summed E-state index contributed by atoms with van der Waals surface area (Å²) in [5.41, 5.74) is 1.20. The highest BCUT2D eigenvalue weighted by Crippen LogP contribution is 2.09. The third-order valence-corrected chi connectivity index (χ3v) is 4.40. The lowest BCUT2D eigenvalue weighted by atomic mass is 10.2. The van der Waals surface area contributed by atoms with Gasteiger partial charge in [0.25, 0.3) is 0 Å². The van der Waals surface area contributed by atoms with Gasteiger partial charge in [-0.1, -0.05) is 19.8 Å². The van der Waals surface area contributed by atoms with Crippen molar-refractivity contribution in [3.8, 4) is 0 Å². The molecule has 17 heavy (non-hydrogen) atoms. The minimum atomic E-state index is 0.932. The zero-order chi connectivity index (χ0) is 12.3. The molecule has 1 N–H and O–H groups in total. The highest BCUT2D eigenvalue weighted by molar-refractivity contribution is 7.98. The van der Waals surface area contributed by atoms with Gasteiger partial charge in [-0.25, -0.2) is 4.98 Å². The van der Waals surface area contributed by atoms with E-state index >= 15 is 0 Å². The van der Waals surface area contributed by atoms with Crippen molar-refractivity contribution in [2.75, 3.05) is 18.6 Å². The minimum absolute atomic E-state index is 0.932. The van der Waals surface area contributed by atoms with Crippen LogP contribution in [0, 0.1) is 0 Å². The summed E-state index contributed by atoms with van der Waals surface area (Å²) in [6.45, 7) is 4.21. The molecule has 0 atom stereocenters. The van der Waals surface area contributed by atoms with E-state index in [0.29, 0.717) is 0 Å². The average molecular weight is 272 g/mol. The Hall–Kier alpha value is -0.0600. The molecule has 98 valence electrons. The molecule has 0 aromatic carbocycles. The lowest BCUT2D eigenvalue weighted by molar-refractivity contribution is 0.595. The maximum absolute atomic E-state index is 4.54. The molecular weight excluding hydrogens is 248 g/mol. The molecule has 0 fully saturated rings. The lowest BCUT2D eigenvalue weighted by Gasteiger charge is -2.02. The van der Waals surface area contributed by atoms with Crippen molar-refractivity contribution in [3.05, 3.63) is 16.1 Å². The molecule has 4 heteroatoms. The summed E-state index contributed by atoms with van der Waals surface area (Å²) in [5, 5.41) is 6.89. The van der Waals surface area contributed by atoms with E-state index in [0.717, 1.165) is 19.5 Å². The number of nitrogens with one attached hydrogen (secondary N) is 1. The smallest absolute Gasteiger partial charge is 0.0926 e. The van der Waals surface area contributed by atoms with Crippen LogP contribution in [0.25, 0.3) is 0 Å². The first-order valence-corrected chi connectivity index (χ1v) is 8.77. The molecular formula is C13H24N2S2. The van der Waals surface area contributed by atoms with E-state index in [-0.39, 0.29) is 0 Å². The van der Waals surface area contributed by atoms with Crippen molar-refractivity contribution in [2.24, 2.45) is 0 Å². The van der Waals surface area contributed by atoms with Crippen LogP contribution in [0.15, 0.2) is 5.38 Å². The molecule has 0 amide bonds. The summed E-state index contributed by atoms with van der Waals surface area (Å²) >= 11 is 3.72. The van der Waals surface area contributed by atoms with Gasteiger partial charge in [0.05, 0.1) is 10.7 Å². The molecule has 0 aliphatic rings. The summed E-state index contributed by atoms with van der Waals surface area (Å²) in [4.78, 5) is 4.54. The quantitative estimate of drug-likeness (QED) is 0.657. The van der Waals surface area contributed by atoms with Gasteiger partial charge in [0, 0.05) is 11.9 Å². The number of thioether (sulfide) groups is 1. The number of thiazole rings is 1. The molecule has 1 aromatic heterocycles. The molecule has 1 heterocycles. The number of hydrogen-bond acceptors (Lipinski definition) is 4. The Bertz CT molecular complexity index is 287. The maximum atomic E-state index is 4.54. The van der Waals surface area contributed by atoms with Gasteiger partial charge in [0.2, 0.25) is 0 Å². The van der Waals surface area contributed by atoms with E-state index in [4.69, 9.17) is 0 Å². The van der Waals surface area contributed by atoms with Crippen LogP contribution < -0.4 is 5.32 Å². The second-order valence-electron chi connectivity index (χ2n) is 4.17. The monoisotopic (exact) mass is 272 g/mol. The van der Waals surface area contributed by atoms with E-state index in [1.165, 1.54) is 42.1 Å². The number of hydrogen-bond donors (Lipinski definition) is 1. The van der Waals surface area contributed by atoms with Crippen LogP contribution >= 0.6 is 23.1 Å². The second kappa shape index (κ2) is 9.92. The standard InChI is InChI=1S/C13H24N2S2/c1-3-13-15-12(11-17-13)10-14-8-6-4-5-7-9-16-2/h11,14H,3-10H2,1-2H3. The van der Waals surface area contributed by atoms with Crippen LogP contribution in [0.4, 0.5) is 0 Å². The van der Waals surface area contributed by atoms with Crippen LogP contribution in [-0.2, 0) is 13.0 Å². The lowest BCUT2D eigenvalue weighted by Crippen LogP contribution is -2.14. The van der Waals surface area contributed by atoms with E-state index < -0.39 is 0 Å². The molecule has 0 radical (unpaired) electrons. The van der Waals surface area contributed by atoms with Crippen LogP contribution in [0.5, 0.6) is 0 Å². The zero-order valence-electron chi connectivity index (χ0n) is 11.0. The Balaban J connectivity index is 1.93. The summed E-state index contributed by atoms with van der Waals surface area (Å²) in [6.07, 6.45) is 8.62. The fourth-order valence-corrected chi connectivity index (χ4v) is 2.90. The average Bonchev–Trinajstić information content (AvgIpc) is 2.80. The Morgan fingerprint density at radius 1 is 1.29 bits per heavy atom. The van der Waals surface area contributed by atoms with E-state index in [9.17, 15) is 0 Å². The highest BCUT2D eigenvalue weighted by Gasteiger charge is 1.99. The highest BCUT2D eigenvalue weighted by atomic mass is 32.2. The van der Waals surface area contributed by atoms with Crippen molar-refractivity contribution < 1.29 is 0 Å².